The lowest BCUT2D eigenvalue weighted by Gasteiger charge is -2.36. The largest absolute Gasteiger partial charge is 0.493 e. The highest BCUT2D eigenvalue weighted by Crippen LogP contribution is 2.31. The van der Waals surface area contributed by atoms with E-state index in [-0.39, 0.29) is 18.2 Å². The summed E-state index contributed by atoms with van der Waals surface area (Å²) in [6, 6.07) is 9.64. The molecule has 2 aromatic carbocycles. The van der Waals surface area contributed by atoms with Crippen LogP contribution < -0.4 is 14.8 Å². The van der Waals surface area contributed by atoms with Gasteiger partial charge in [-0.15, -0.1) is 0 Å². The van der Waals surface area contributed by atoms with Crippen LogP contribution in [0.3, 0.4) is 0 Å². The van der Waals surface area contributed by atoms with Crippen LogP contribution in [0.1, 0.15) is 22.3 Å². The fraction of sp³-hybridized carbons (Fsp3) is 0.381. The van der Waals surface area contributed by atoms with Gasteiger partial charge in [-0.05, 0) is 31.2 Å². The standard InChI is InChI=1S/C21H25FN2O4/c1-13-4-6-16(23-2)15(10-13)21(26)24-9-8-18(17(25)12-24)28-19-7-5-14(22)11-20(19)27-3/h4-7,10-11,17-18,23,25H,8-9,12H2,1-3H3/t17-,18-/m1/s1. The number of carbonyl (C=O) groups is 1. The molecule has 0 unspecified atom stereocenters. The van der Waals surface area contributed by atoms with E-state index in [1.54, 1.807) is 11.9 Å². The molecule has 0 aromatic heterocycles. The van der Waals surface area contributed by atoms with Crippen molar-refractivity contribution in [2.45, 2.75) is 25.6 Å². The number of amides is 1. The number of β-amino-alcohol motifs (C(OH)–C–C–N with tert-alkyl or cyclic N) is 1. The topological polar surface area (TPSA) is 71.0 Å². The maximum atomic E-state index is 13.3. The van der Waals surface area contributed by atoms with Crippen molar-refractivity contribution in [2.24, 2.45) is 0 Å². The molecule has 1 heterocycles. The van der Waals surface area contributed by atoms with Gasteiger partial charge in [-0.1, -0.05) is 11.6 Å². The molecule has 1 saturated heterocycles. The van der Waals surface area contributed by atoms with E-state index in [0.29, 0.717) is 24.3 Å². The number of halogens is 1. The van der Waals surface area contributed by atoms with Crippen LogP contribution in [0.5, 0.6) is 11.5 Å². The first-order valence-electron chi connectivity index (χ1n) is 9.19. The SMILES string of the molecule is CNc1ccc(C)cc1C(=O)N1CC[C@@H](Oc2ccc(F)cc2OC)[C@H](O)C1. The highest BCUT2D eigenvalue weighted by molar-refractivity contribution is 5.99. The molecule has 0 radical (unpaired) electrons. The van der Waals surface area contributed by atoms with Gasteiger partial charge >= 0.3 is 0 Å². The lowest BCUT2D eigenvalue weighted by molar-refractivity contribution is -0.0207. The zero-order chi connectivity index (χ0) is 20.3. The minimum absolute atomic E-state index is 0.134. The fourth-order valence-corrected chi connectivity index (χ4v) is 3.36. The second-order valence-electron chi connectivity index (χ2n) is 6.86. The lowest BCUT2D eigenvalue weighted by atomic mass is 10.0. The second-order valence-corrected chi connectivity index (χ2v) is 6.86. The molecule has 150 valence electrons. The molecule has 3 rings (SSSR count). The molecule has 6 nitrogen and oxygen atoms in total. The molecule has 2 N–H and O–H groups in total. The fourth-order valence-electron chi connectivity index (χ4n) is 3.36. The molecule has 7 heteroatoms. The predicted molar refractivity (Wildman–Crippen MR) is 105 cm³/mol. The van der Waals surface area contributed by atoms with Gasteiger partial charge in [-0.2, -0.15) is 0 Å². The zero-order valence-corrected chi connectivity index (χ0v) is 16.2. The third kappa shape index (κ3) is 4.20. The Morgan fingerprint density at radius 3 is 2.71 bits per heavy atom. The van der Waals surface area contributed by atoms with Crippen LogP contribution in [0.4, 0.5) is 10.1 Å². The molecular weight excluding hydrogens is 363 g/mol. The Morgan fingerprint density at radius 1 is 1.25 bits per heavy atom. The zero-order valence-electron chi connectivity index (χ0n) is 16.2. The summed E-state index contributed by atoms with van der Waals surface area (Å²) in [6.45, 7) is 2.53. The Labute approximate surface area is 163 Å². The van der Waals surface area contributed by atoms with Crippen LogP contribution in [-0.4, -0.2) is 55.4 Å². The summed E-state index contributed by atoms with van der Waals surface area (Å²) >= 11 is 0. The van der Waals surface area contributed by atoms with Crippen LogP contribution in [0.25, 0.3) is 0 Å². The Bertz CT molecular complexity index is 858. The first kappa shape index (κ1) is 19.9. The lowest BCUT2D eigenvalue weighted by Crippen LogP contribution is -2.51. The van der Waals surface area contributed by atoms with E-state index in [2.05, 4.69) is 5.32 Å². The molecule has 2 atom stereocenters. The molecule has 0 spiro atoms. The van der Waals surface area contributed by atoms with Gasteiger partial charge in [0, 0.05) is 31.8 Å². The summed E-state index contributed by atoms with van der Waals surface area (Å²) in [5.41, 5.74) is 2.32. The van der Waals surface area contributed by atoms with Crippen LogP contribution in [-0.2, 0) is 0 Å². The number of piperidine rings is 1. The van der Waals surface area contributed by atoms with E-state index < -0.39 is 18.0 Å². The number of aryl methyl sites for hydroxylation is 1. The van der Waals surface area contributed by atoms with Crippen molar-refractivity contribution in [1.29, 1.82) is 0 Å². The van der Waals surface area contributed by atoms with Crippen molar-refractivity contribution < 1.29 is 23.8 Å². The van der Waals surface area contributed by atoms with E-state index in [0.717, 1.165) is 11.3 Å². The molecular formula is C21H25FN2O4. The van der Waals surface area contributed by atoms with Crippen molar-refractivity contribution in [3.63, 3.8) is 0 Å². The third-order valence-electron chi connectivity index (χ3n) is 4.89. The van der Waals surface area contributed by atoms with Crippen molar-refractivity contribution in [3.8, 4) is 11.5 Å². The van der Waals surface area contributed by atoms with Gasteiger partial charge in [0.05, 0.1) is 19.2 Å². The summed E-state index contributed by atoms with van der Waals surface area (Å²) in [7, 11) is 3.20. The minimum atomic E-state index is -0.865. The molecule has 0 aliphatic carbocycles. The summed E-state index contributed by atoms with van der Waals surface area (Å²) < 4.78 is 24.3. The first-order chi connectivity index (χ1) is 13.4. The third-order valence-corrected chi connectivity index (χ3v) is 4.89. The predicted octanol–water partition coefficient (Wildman–Crippen LogP) is 2.84. The molecule has 1 amide bonds. The molecule has 1 aliphatic rings. The van der Waals surface area contributed by atoms with Gasteiger partial charge < -0.3 is 24.8 Å². The van der Waals surface area contributed by atoms with Crippen LogP contribution in [0.2, 0.25) is 0 Å². The average Bonchev–Trinajstić information content (AvgIpc) is 2.70. The normalized spacial score (nSPS) is 19.2. The Balaban J connectivity index is 1.70. The molecule has 0 bridgehead atoms. The van der Waals surface area contributed by atoms with Crippen LogP contribution in [0.15, 0.2) is 36.4 Å². The maximum absolute atomic E-state index is 13.3. The van der Waals surface area contributed by atoms with Crippen molar-refractivity contribution in [3.05, 3.63) is 53.3 Å². The van der Waals surface area contributed by atoms with E-state index in [9.17, 15) is 14.3 Å². The number of rotatable bonds is 5. The quantitative estimate of drug-likeness (QED) is 0.824. The summed E-state index contributed by atoms with van der Waals surface area (Å²) in [4.78, 5) is 14.6. The second kappa shape index (κ2) is 8.48. The molecule has 0 saturated carbocycles. The number of aliphatic hydroxyl groups is 1. The van der Waals surface area contributed by atoms with Crippen molar-refractivity contribution in [1.82, 2.24) is 4.90 Å². The summed E-state index contributed by atoms with van der Waals surface area (Å²) in [5.74, 6) is 0.0709. The number of methoxy groups -OCH3 is 1. The van der Waals surface area contributed by atoms with Crippen LogP contribution in [0, 0.1) is 12.7 Å². The van der Waals surface area contributed by atoms with Gasteiger partial charge in [0.15, 0.2) is 11.5 Å². The molecule has 28 heavy (non-hydrogen) atoms. The maximum Gasteiger partial charge on any atom is 0.256 e. The number of nitrogens with zero attached hydrogens (tertiary/aromatic N) is 1. The van der Waals surface area contributed by atoms with E-state index in [4.69, 9.17) is 9.47 Å². The smallest absolute Gasteiger partial charge is 0.256 e. The average molecular weight is 388 g/mol. The minimum Gasteiger partial charge on any atom is -0.493 e. The number of aliphatic hydroxyl groups excluding tert-OH is 1. The highest BCUT2D eigenvalue weighted by atomic mass is 19.1. The number of hydrogen-bond acceptors (Lipinski definition) is 5. The van der Waals surface area contributed by atoms with Crippen molar-refractivity contribution >= 4 is 11.6 Å². The molecule has 1 aliphatic heterocycles. The monoisotopic (exact) mass is 388 g/mol. The van der Waals surface area contributed by atoms with Crippen LogP contribution >= 0.6 is 0 Å². The number of hydrogen-bond donors (Lipinski definition) is 2. The highest BCUT2D eigenvalue weighted by Gasteiger charge is 2.33. The summed E-state index contributed by atoms with van der Waals surface area (Å²) in [6.07, 6.45) is -0.922. The van der Waals surface area contributed by atoms with Gasteiger partial charge in [0.1, 0.15) is 18.0 Å². The number of likely N-dealkylation sites (tertiary alicyclic amines) is 1. The summed E-state index contributed by atoms with van der Waals surface area (Å²) in [5, 5.41) is 13.6. The van der Waals surface area contributed by atoms with Gasteiger partial charge in [0.25, 0.3) is 5.91 Å². The molecule has 2 aromatic rings. The Morgan fingerprint density at radius 2 is 2.04 bits per heavy atom. The Hall–Kier alpha value is -2.80. The molecule has 1 fully saturated rings. The number of nitrogens with one attached hydrogen (secondary N) is 1. The number of ether oxygens (including phenoxy) is 2. The van der Waals surface area contributed by atoms with E-state index >= 15 is 0 Å². The van der Waals surface area contributed by atoms with Gasteiger partial charge in [-0.25, -0.2) is 4.39 Å². The van der Waals surface area contributed by atoms with E-state index in [1.807, 2.05) is 25.1 Å². The van der Waals surface area contributed by atoms with E-state index in [1.165, 1.54) is 25.3 Å². The number of anilines is 1. The van der Waals surface area contributed by atoms with Crippen molar-refractivity contribution in [2.75, 3.05) is 32.6 Å². The number of carbonyl (C=O) groups excluding carboxylic acids is 1. The Kier molecular flexibility index (Phi) is 6.04. The number of benzene rings is 2. The van der Waals surface area contributed by atoms with Gasteiger partial charge in [0.2, 0.25) is 0 Å². The first-order valence-corrected chi connectivity index (χ1v) is 9.19. The van der Waals surface area contributed by atoms with Gasteiger partial charge in [-0.3, -0.25) is 4.79 Å².